The molecule has 1 amide bonds. The van der Waals surface area contributed by atoms with Crippen LogP contribution in [0.4, 0.5) is 5.69 Å². The van der Waals surface area contributed by atoms with Gasteiger partial charge in [-0.2, -0.15) is 0 Å². The van der Waals surface area contributed by atoms with Gasteiger partial charge in [-0.05, 0) is 65.3 Å². The highest BCUT2D eigenvalue weighted by Crippen LogP contribution is 2.29. The molecule has 0 aromatic heterocycles. The molecule has 0 saturated carbocycles. The lowest BCUT2D eigenvalue weighted by Crippen LogP contribution is -2.30. The average molecular weight is 391 g/mol. The monoisotopic (exact) mass is 391 g/mol. The lowest BCUT2D eigenvalue weighted by atomic mass is 10.1. The van der Waals surface area contributed by atoms with Crippen LogP contribution in [0.5, 0.6) is 0 Å². The van der Waals surface area contributed by atoms with Crippen LogP contribution in [0.15, 0.2) is 55.1 Å². The minimum Gasteiger partial charge on any atom is -0.303 e. The summed E-state index contributed by atoms with van der Waals surface area (Å²) < 4.78 is 1.08. The molecule has 0 N–H and O–H groups in total. The van der Waals surface area contributed by atoms with Crippen molar-refractivity contribution in [2.24, 2.45) is 0 Å². The van der Waals surface area contributed by atoms with Crippen molar-refractivity contribution in [1.29, 1.82) is 0 Å². The lowest BCUT2D eigenvalue weighted by molar-refractivity contribution is -0.114. The van der Waals surface area contributed by atoms with Crippen LogP contribution in [0, 0.1) is 17.4 Å². The number of carbonyl (C=O) groups is 1. The van der Waals surface area contributed by atoms with E-state index in [1.165, 1.54) is 11.6 Å². The van der Waals surface area contributed by atoms with Gasteiger partial charge in [0.1, 0.15) is 0 Å². The van der Waals surface area contributed by atoms with Crippen molar-refractivity contribution in [3.63, 3.8) is 0 Å². The molecule has 0 aliphatic carbocycles. The van der Waals surface area contributed by atoms with E-state index < -0.39 is 0 Å². The van der Waals surface area contributed by atoms with E-state index in [1.54, 1.807) is 4.90 Å². The summed E-state index contributed by atoms with van der Waals surface area (Å²) in [6, 6.07) is 14.2. The largest absolute Gasteiger partial charge is 0.303 e. The molecule has 3 heteroatoms. The molecule has 0 spiro atoms. The zero-order chi connectivity index (χ0) is 15.4. The minimum atomic E-state index is -0.0799. The first-order valence-electron chi connectivity index (χ1n) is 6.77. The fraction of sp³-hybridized carbons (Fsp3) is 0.167. The van der Waals surface area contributed by atoms with Gasteiger partial charge in [0.05, 0.1) is 12.2 Å². The summed E-state index contributed by atoms with van der Waals surface area (Å²) in [5, 5.41) is 0. The third kappa shape index (κ3) is 3.73. The Morgan fingerprint density at radius 2 is 1.90 bits per heavy atom. The zero-order valence-electron chi connectivity index (χ0n) is 12.3. The second-order valence-electron chi connectivity index (χ2n) is 5.03. The predicted octanol–water partition coefficient (Wildman–Crippen LogP) is 4.63. The van der Waals surface area contributed by atoms with Crippen LogP contribution in [0.1, 0.15) is 16.7 Å². The second kappa shape index (κ2) is 6.89. The van der Waals surface area contributed by atoms with Crippen LogP contribution in [0.2, 0.25) is 0 Å². The Morgan fingerprint density at radius 1 is 1.24 bits per heavy atom. The summed E-state index contributed by atoms with van der Waals surface area (Å²) in [5.41, 5.74) is 4.37. The summed E-state index contributed by atoms with van der Waals surface area (Å²) in [7, 11) is 0. The quantitative estimate of drug-likeness (QED) is 0.550. The molecule has 2 aromatic carbocycles. The number of nitrogens with zero attached hydrogens (tertiary/aromatic N) is 1. The third-order valence-corrected chi connectivity index (χ3v) is 4.11. The molecule has 0 aliphatic rings. The number of hydrogen-bond acceptors (Lipinski definition) is 1. The van der Waals surface area contributed by atoms with Crippen LogP contribution in [-0.4, -0.2) is 5.91 Å². The van der Waals surface area contributed by atoms with E-state index in [1.807, 2.05) is 37.3 Å². The van der Waals surface area contributed by atoms with Gasteiger partial charge >= 0.3 is 0 Å². The molecule has 0 bridgehead atoms. The number of halogens is 1. The number of aryl methyl sites for hydroxylation is 2. The molecular formula is C18H18INO. The summed E-state index contributed by atoms with van der Waals surface area (Å²) in [6.45, 7) is 8.28. The van der Waals surface area contributed by atoms with Crippen LogP contribution in [-0.2, 0) is 11.3 Å². The maximum Gasteiger partial charge on any atom is 0.250 e. The highest BCUT2D eigenvalue weighted by Gasteiger charge is 2.18. The molecule has 0 fully saturated rings. The van der Waals surface area contributed by atoms with E-state index in [-0.39, 0.29) is 5.91 Å². The highest BCUT2D eigenvalue weighted by molar-refractivity contribution is 14.1. The molecule has 0 radical (unpaired) electrons. The number of hydrogen-bond donors (Lipinski definition) is 0. The Kier molecular flexibility index (Phi) is 5.17. The topological polar surface area (TPSA) is 20.3 Å². The van der Waals surface area contributed by atoms with Gasteiger partial charge in [-0.3, -0.25) is 4.79 Å². The standard InChI is InChI=1S/C18H18INO/c1-4-17(21)20(12-15-8-6-5-7-9-15)18-14(3)10-13(2)11-16(18)19/h4-11H,1,12H2,2-3H3. The molecule has 2 nitrogen and oxygen atoms in total. The Labute approximate surface area is 139 Å². The molecule has 108 valence electrons. The fourth-order valence-corrected chi connectivity index (χ4v) is 3.60. The van der Waals surface area contributed by atoms with Crippen molar-refractivity contribution in [1.82, 2.24) is 0 Å². The predicted molar refractivity (Wildman–Crippen MR) is 96.5 cm³/mol. The zero-order valence-corrected chi connectivity index (χ0v) is 14.4. The molecular weight excluding hydrogens is 373 g/mol. The maximum absolute atomic E-state index is 12.3. The van der Waals surface area contributed by atoms with Gasteiger partial charge in [-0.1, -0.05) is 43.0 Å². The van der Waals surface area contributed by atoms with Crippen molar-refractivity contribution in [3.05, 3.63) is 75.4 Å². The SMILES string of the molecule is C=CC(=O)N(Cc1ccccc1)c1c(C)cc(C)cc1I. The van der Waals surface area contributed by atoms with E-state index in [9.17, 15) is 4.79 Å². The number of carbonyl (C=O) groups excluding carboxylic acids is 1. The third-order valence-electron chi connectivity index (χ3n) is 3.29. The van der Waals surface area contributed by atoms with Gasteiger partial charge in [0, 0.05) is 3.57 Å². The van der Waals surface area contributed by atoms with Crippen molar-refractivity contribution in [3.8, 4) is 0 Å². The van der Waals surface area contributed by atoms with Gasteiger partial charge in [0.15, 0.2) is 0 Å². The second-order valence-corrected chi connectivity index (χ2v) is 6.19. The first-order valence-corrected chi connectivity index (χ1v) is 7.85. The number of benzene rings is 2. The highest BCUT2D eigenvalue weighted by atomic mass is 127. The van der Waals surface area contributed by atoms with E-state index in [0.29, 0.717) is 6.54 Å². The smallest absolute Gasteiger partial charge is 0.250 e. The molecule has 0 heterocycles. The van der Waals surface area contributed by atoms with Crippen LogP contribution in [0.3, 0.4) is 0 Å². The first kappa shape index (κ1) is 15.8. The average Bonchev–Trinajstić information content (AvgIpc) is 2.45. The van der Waals surface area contributed by atoms with Crippen molar-refractivity contribution < 1.29 is 4.79 Å². The van der Waals surface area contributed by atoms with Gasteiger partial charge in [0.2, 0.25) is 0 Å². The van der Waals surface area contributed by atoms with Crippen LogP contribution >= 0.6 is 22.6 Å². The summed E-state index contributed by atoms with van der Waals surface area (Å²) >= 11 is 2.29. The Bertz CT molecular complexity index is 641. The Morgan fingerprint density at radius 3 is 2.48 bits per heavy atom. The maximum atomic E-state index is 12.3. The van der Waals surface area contributed by atoms with Gasteiger partial charge in [0.25, 0.3) is 5.91 Å². The van der Waals surface area contributed by atoms with E-state index in [2.05, 4.69) is 48.2 Å². The lowest BCUT2D eigenvalue weighted by Gasteiger charge is -2.25. The summed E-state index contributed by atoms with van der Waals surface area (Å²) in [6.07, 6.45) is 1.37. The number of anilines is 1. The summed E-state index contributed by atoms with van der Waals surface area (Å²) in [5.74, 6) is -0.0799. The normalized spacial score (nSPS) is 10.2. The van der Waals surface area contributed by atoms with Crippen molar-refractivity contribution >= 4 is 34.2 Å². The van der Waals surface area contributed by atoms with Crippen molar-refractivity contribution in [2.45, 2.75) is 20.4 Å². The van der Waals surface area contributed by atoms with Gasteiger partial charge < -0.3 is 4.90 Å². The minimum absolute atomic E-state index is 0.0799. The molecule has 0 unspecified atom stereocenters. The fourth-order valence-electron chi connectivity index (χ4n) is 2.39. The number of amides is 1. The molecule has 2 rings (SSSR count). The van der Waals surface area contributed by atoms with Crippen LogP contribution < -0.4 is 4.90 Å². The van der Waals surface area contributed by atoms with E-state index in [4.69, 9.17) is 0 Å². The van der Waals surface area contributed by atoms with E-state index in [0.717, 1.165) is 20.4 Å². The molecule has 21 heavy (non-hydrogen) atoms. The Balaban J connectivity index is 2.46. The molecule has 0 saturated heterocycles. The van der Waals surface area contributed by atoms with E-state index >= 15 is 0 Å². The van der Waals surface area contributed by atoms with Gasteiger partial charge in [-0.25, -0.2) is 0 Å². The van der Waals surface area contributed by atoms with Crippen LogP contribution in [0.25, 0.3) is 0 Å². The van der Waals surface area contributed by atoms with Crippen molar-refractivity contribution in [2.75, 3.05) is 4.90 Å². The van der Waals surface area contributed by atoms with Gasteiger partial charge in [-0.15, -0.1) is 0 Å². The molecule has 0 aliphatic heterocycles. The summed E-state index contributed by atoms with van der Waals surface area (Å²) in [4.78, 5) is 14.1. The molecule has 2 aromatic rings. The Hall–Kier alpha value is -1.62. The number of rotatable bonds is 4. The molecule has 0 atom stereocenters. The first-order chi connectivity index (χ1) is 10.0.